The number of hydrazone groups is 1. The highest BCUT2D eigenvalue weighted by Crippen LogP contribution is 2.09. The first-order chi connectivity index (χ1) is 20.4. The van der Waals surface area contributed by atoms with Gasteiger partial charge in [0.15, 0.2) is 0 Å². The van der Waals surface area contributed by atoms with E-state index in [2.05, 4.69) is 31.8 Å². The molecule has 0 aliphatic heterocycles. The predicted molar refractivity (Wildman–Crippen MR) is 168 cm³/mol. The van der Waals surface area contributed by atoms with E-state index in [-0.39, 0.29) is 12.8 Å². The van der Waals surface area contributed by atoms with Gasteiger partial charge in [0.1, 0.15) is 29.3 Å². The highest BCUT2D eigenvalue weighted by Gasteiger charge is 2.29. The average molecular weight is 619 g/mol. The number of benzene rings is 1. The van der Waals surface area contributed by atoms with Crippen LogP contribution in [0, 0.1) is 0 Å². The van der Waals surface area contributed by atoms with Crippen LogP contribution < -0.4 is 26.7 Å². The molecule has 1 aromatic carbocycles. The van der Waals surface area contributed by atoms with Crippen molar-refractivity contribution in [3.8, 4) is 0 Å². The van der Waals surface area contributed by atoms with Gasteiger partial charge in [-0.05, 0) is 87.1 Å². The summed E-state index contributed by atoms with van der Waals surface area (Å²) in [6.07, 6.45) is 0.0752. The second-order valence-corrected chi connectivity index (χ2v) is 12.6. The van der Waals surface area contributed by atoms with E-state index >= 15 is 0 Å². The van der Waals surface area contributed by atoms with Crippen LogP contribution in [0.1, 0.15) is 87.1 Å². The Bertz CT molecular complexity index is 1140. The van der Waals surface area contributed by atoms with E-state index in [0.717, 1.165) is 5.56 Å². The van der Waals surface area contributed by atoms with Crippen molar-refractivity contribution < 1.29 is 33.4 Å². The lowest BCUT2D eigenvalue weighted by molar-refractivity contribution is -0.132. The topological polar surface area (TPSA) is 176 Å². The fourth-order valence-electron chi connectivity index (χ4n) is 3.67. The summed E-state index contributed by atoms with van der Waals surface area (Å²) in [6, 6.07) is 6.04. The third kappa shape index (κ3) is 17.1. The molecule has 246 valence electrons. The lowest BCUT2D eigenvalue weighted by atomic mass is 10.0. The Morgan fingerprint density at radius 3 is 1.89 bits per heavy atom. The number of unbranched alkanes of at least 4 members (excludes halogenated alkanes) is 1. The van der Waals surface area contributed by atoms with Gasteiger partial charge in [-0.15, -0.1) is 0 Å². The normalized spacial score (nSPS) is 13.3. The van der Waals surface area contributed by atoms with Gasteiger partial charge in [-0.2, -0.15) is 5.10 Å². The lowest BCUT2D eigenvalue weighted by Crippen LogP contribution is -2.56. The molecule has 3 atom stereocenters. The molecular weight excluding hydrogens is 568 g/mol. The zero-order valence-electron chi connectivity index (χ0n) is 27.5. The molecule has 0 radical (unpaired) electrons. The van der Waals surface area contributed by atoms with Crippen LogP contribution in [0.2, 0.25) is 0 Å². The van der Waals surface area contributed by atoms with Crippen LogP contribution in [0.4, 0.5) is 9.59 Å². The number of carbonyl (C=O) groups is 5. The molecular formula is C31H50N6O7. The SMILES string of the molecule is CC(C)=NNC(=O)[C@H](CCCCNC(=O)OC(C)(C)C)NC(=O)[C@H](Cc1ccccc1)NC(=O)[C@H](C)NC(=O)OC(C)(C)C. The van der Waals surface area contributed by atoms with E-state index in [0.29, 0.717) is 25.1 Å². The highest BCUT2D eigenvalue weighted by atomic mass is 16.6. The van der Waals surface area contributed by atoms with Gasteiger partial charge in [0.25, 0.3) is 5.91 Å². The van der Waals surface area contributed by atoms with Gasteiger partial charge in [-0.3, -0.25) is 14.4 Å². The first kappa shape index (κ1) is 37.9. The van der Waals surface area contributed by atoms with Crippen molar-refractivity contribution in [2.24, 2.45) is 5.10 Å². The summed E-state index contributed by atoms with van der Waals surface area (Å²) in [6.45, 7) is 15.6. The van der Waals surface area contributed by atoms with Crippen LogP contribution in [0.3, 0.4) is 0 Å². The van der Waals surface area contributed by atoms with Crippen LogP contribution in [0.15, 0.2) is 35.4 Å². The molecule has 0 aliphatic carbocycles. The summed E-state index contributed by atoms with van der Waals surface area (Å²) in [7, 11) is 0. The van der Waals surface area contributed by atoms with Crippen LogP contribution in [-0.2, 0) is 30.3 Å². The Kier molecular flexibility index (Phi) is 15.3. The number of rotatable bonds is 14. The van der Waals surface area contributed by atoms with E-state index in [9.17, 15) is 24.0 Å². The Morgan fingerprint density at radius 2 is 1.32 bits per heavy atom. The molecule has 0 aromatic heterocycles. The number of ether oxygens (including phenoxy) is 2. The first-order valence-corrected chi connectivity index (χ1v) is 14.8. The summed E-state index contributed by atoms with van der Waals surface area (Å²) in [5, 5.41) is 14.5. The average Bonchev–Trinajstić information content (AvgIpc) is 2.88. The quantitative estimate of drug-likeness (QED) is 0.121. The van der Waals surface area contributed by atoms with Gasteiger partial charge in [-0.1, -0.05) is 30.3 Å². The number of hydrogen-bond donors (Lipinski definition) is 5. The number of hydrogen-bond acceptors (Lipinski definition) is 8. The van der Waals surface area contributed by atoms with Gasteiger partial charge < -0.3 is 30.7 Å². The van der Waals surface area contributed by atoms with Gasteiger partial charge in [-0.25, -0.2) is 15.0 Å². The Balaban J connectivity index is 2.99. The maximum atomic E-state index is 13.6. The van der Waals surface area contributed by atoms with Crippen molar-refractivity contribution in [2.45, 2.75) is 117 Å². The highest BCUT2D eigenvalue weighted by molar-refractivity contribution is 5.94. The van der Waals surface area contributed by atoms with Crippen LogP contribution in [0.5, 0.6) is 0 Å². The maximum Gasteiger partial charge on any atom is 0.408 e. The Hall–Kier alpha value is -4.16. The van der Waals surface area contributed by atoms with Gasteiger partial charge >= 0.3 is 12.2 Å². The monoisotopic (exact) mass is 618 g/mol. The summed E-state index contributed by atoms with van der Waals surface area (Å²) in [5.41, 5.74) is 2.48. The van der Waals surface area contributed by atoms with E-state index in [1.807, 2.05) is 30.3 Å². The first-order valence-electron chi connectivity index (χ1n) is 14.8. The van der Waals surface area contributed by atoms with E-state index in [4.69, 9.17) is 9.47 Å². The summed E-state index contributed by atoms with van der Waals surface area (Å²) >= 11 is 0. The Labute approximate surface area is 260 Å². The zero-order valence-corrected chi connectivity index (χ0v) is 27.5. The Morgan fingerprint density at radius 1 is 0.750 bits per heavy atom. The van der Waals surface area contributed by atoms with Gasteiger partial charge in [0.05, 0.1) is 0 Å². The van der Waals surface area contributed by atoms with Crippen molar-refractivity contribution in [1.29, 1.82) is 0 Å². The van der Waals surface area contributed by atoms with Crippen LogP contribution in [-0.4, -0.2) is 71.5 Å². The number of alkyl carbamates (subject to hydrolysis) is 2. The largest absolute Gasteiger partial charge is 0.444 e. The molecule has 0 saturated carbocycles. The second-order valence-electron chi connectivity index (χ2n) is 12.6. The van der Waals surface area contributed by atoms with Crippen molar-refractivity contribution >= 4 is 35.6 Å². The molecule has 13 nitrogen and oxygen atoms in total. The molecule has 0 fully saturated rings. The molecule has 0 heterocycles. The molecule has 1 rings (SSSR count). The van der Waals surface area contributed by atoms with E-state index in [1.54, 1.807) is 55.4 Å². The third-order valence-electron chi connectivity index (χ3n) is 5.65. The van der Waals surface area contributed by atoms with E-state index in [1.165, 1.54) is 6.92 Å². The molecule has 13 heteroatoms. The minimum absolute atomic E-state index is 0.137. The maximum absolute atomic E-state index is 13.6. The fourth-order valence-corrected chi connectivity index (χ4v) is 3.67. The summed E-state index contributed by atoms with van der Waals surface area (Å²) < 4.78 is 10.4. The number of nitrogens with one attached hydrogen (secondary N) is 5. The predicted octanol–water partition coefficient (Wildman–Crippen LogP) is 3.32. The number of nitrogens with zero attached hydrogens (tertiary/aromatic N) is 1. The summed E-state index contributed by atoms with van der Waals surface area (Å²) in [4.78, 5) is 63.7. The van der Waals surface area contributed by atoms with Crippen molar-refractivity contribution in [1.82, 2.24) is 26.7 Å². The molecule has 0 bridgehead atoms. The smallest absolute Gasteiger partial charge is 0.408 e. The van der Waals surface area contributed by atoms with Gasteiger partial charge in [0.2, 0.25) is 11.8 Å². The fraction of sp³-hybridized carbons (Fsp3) is 0.613. The standard InChI is InChI=1S/C31H50N6O7/c1-20(2)36-37-27(40)23(17-13-14-18-32-28(41)43-30(4,5)6)34-26(39)24(19-22-15-11-10-12-16-22)35-25(38)21(3)33-29(42)44-31(7,8)9/h10-12,15-16,21,23-24H,13-14,17-19H2,1-9H3,(H,32,41)(H,33,42)(H,34,39)(H,35,38)(H,37,40)/t21-,23-,24-/m0/s1. The molecule has 0 unspecified atom stereocenters. The molecule has 44 heavy (non-hydrogen) atoms. The van der Waals surface area contributed by atoms with Crippen molar-refractivity contribution in [3.05, 3.63) is 35.9 Å². The van der Waals surface area contributed by atoms with Crippen molar-refractivity contribution in [3.63, 3.8) is 0 Å². The lowest BCUT2D eigenvalue weighted by Gasteiger charge is -2.25. The van der Waals surface area contributed by atoms with Crippen LogP contribution >= 0.6 is 0 Å². The molecule has 0 spiro atoms. The number of carbonyl (C=O) groups excluding carboxylic acids is 5. The second kappa shape index (κ2) is 17.8. The minimum Gasteiger partial charge on any atom is -0.444 e. The van der Waals surface area contributed by atoms with Gasteiger partial charge in [0, 0.05) is 18.7 Å². The molecule has 5 N–H and O–H groups in total. The molecule has 0 saturated heterocycles. The number of amides is 5. The third-order valence-corrected chi connectivity index (χ3v) is 5.65. The summed E-state index contributed by atoms with van der Waals surface area (Å²) in [5.74, 6) is -1.72. The molecule has 1 aromatic rings. The zero-order chi connectivity index (χ0) is 33.5. The van der Waals surface area contributed by atoms with Crippen LogP contribution in [0.25, 0.3) is 0 Å². The van der Waals surface area contributed by atoms with Crippen molar-refractivity contribution in [2.75, 3.05) is 6.54 Å². The molecule has 5 amide bonds. The minimum atomic E-state index is -1.06. The van der Waals surface area contributed by atoms with E-state index < -0.39 is 59.2 Å². The molecule has 0 aliphatic rings.